The lowest BCUT2D eigenvalue weighted by molar-refractivity contribution is -0.112. The van der Waals surface area contributed by atoms with E-state index in [0.29, 0.717) is 6.42 Å². The van der Waals surface area contributed by atoms with Gasteiger partial charge >= 0.3 is 0 Å². The van der Waals surface area contributed by atoms with Crippen molar-refractivity contribution in [2.24, 2.45) is 4.99 Å². The van der Waals surface area contributed by atoms with Gasteiger partial charge < -0.3 is 5.11 Å². The van der Waals surface area contributed by atoms with Gasteiger partial charge in [-0.05, 0) is 0 Å². The molecule has 0 fully saturated rings. The molecule has 0 radical (unpaired) electrons. The highest BCUT2D eigenvalue weighted by Crippen LogP contribution is 1.97. The number of carbonyl (C=O) groups is 1. The van der Waals surface area contributed by atoms with Crippen LogP contribution in [0.3, 0.4) is 0 Å². The van der Waals surface area contributed by atoms with Crippen molar-refractivity contribution in [2.45, 2.75) is 6.42 Å². The lowest BCUT2D eigenvalue weighted by Gasteiger charge is -2.00. The summed E-state index contributed by atoms with van der Waals surface area (Å²) < 4.78 is 0. The van der Waals surface area contributed by atoms with E-state index in [9.17, 15) is 4.79 Å². The number of carbonyl (C=O) groups excluding carboxylic acids is 1. The number of aliphatic hydroxyl groups is 1. The predicted octanol–water partition coefficient (Wildman–Crippen LogP) is -0.0938. The molecule has 1 aliphatic rings. The Bertz CT molecular complexity index is 181. The van der Waals surface area contributed by atoms with Gasteiger partial charge in [-0.1, -0.05) is 6.08 Å². The second-order valence-electron chi connectivity index (χ2n) is 1.75. The van der Waals surface area contributed by atoms with Gasteiger partial charge in [0.25, 0.3) is 0 Å². The standard InChI is InChI=1S/C6H7NO2/c8-4-5-6(9)2-1-3-7-5/h1,3,8H,2,4H2. The normalized spacial score (nSPS) is 17.9. The molecule has 48 valence electrons. The Morgan fingerprint density at radius 2 is 2.56 bits per heavy atom. The predicted molar refractivity (Wildman–Crippen MR) is 33.3 cm³/mol. The van der Waals surface area contributed by atoms with E-state index in [-0.39, 0.29) is 18.1 Å². The summed E-state index contributed by atoms with van der Waals surface area (Å²) in [6, 6.07) is 0. The highest BCUT2D eigenvalue weighted by Gasteiger charge is 2.09. The molecule has 0 spiro atoms. The van der Waals surface area contributed by atoms with Crippen LogP contribution in [0.15, 0.2) is 17.3 Å². The topological polar surface area (TPSA) is 49.7 Å². The first-order valence-corrected chi connectivity index (χ1v) is 2.70. The summed E-state index contributed by atoms with van der Waals surface area (Å²) >= 11 is 0. The Kier molecular flexibility index (Phi) is 1.75. The maximum absolute atomic E-state index is 10.7. The molecule has 0 aromatic carbocycles. The number of ketones is 1. The van der Waals surface area contributed by atoms with Crippen molar-refractivity contribution in [3.63, 3.8) is 0 Å². The third kappa shape index (κ3) is 1.23. The van der Waals surface area contributed by atoms with E-state index in [1.54, 1.807) is 6.08 Å². The average Bonchev–Trinajstić information content (AvgIpc) is 1.89. The van der Waals surface area contributed by atoms with E-state index in [1.165, 1.54) is 6.20 Å². The lowest BCUT2D eigenvalue weighted by atomic mass is 10.1. The van der Waals surface area contributed by atoms with Crippen molar-refractivity contribution in [1.29, 1.82) is 0 Å². The molecule has 1 N–H and O–H groups in total. The first kappa shape index (κ1) is 6.16. The van der Waals surface area contributed by atoms with Gasteiger partial charge in [0.15, 0.2) is 5.78 Å². The van der Waals surface area contributed by atoms with E-state index in [1.807, 2.05) is 0 Å². The Balaban J connectivity index is 2.74. The second kappa shape index (κ2) is 2.55. The number of allylic oxidation sites excluding steroid dienone is 1. The van der Waals surface area contributed by atoms with Crippen LogP contribution in [0.4, 0.5) is 0 Å². The van der Waals surface area contributed by atoms with Crippen LogP contribution in [0.25, 0.3) is 0 Å². The summed E-state index contributed by atoms with van der Waals surface area (Å²) in [4.78, 5) is 14.3. The molecule has 1 heterocycles. The molecule has 0 aliphatic carbocycles. The molecule has 3 heteroatoms. The van der Waals surface area contributed by atoms with Gasteiger partial charge in [0.2, 0.25) is 0 Å². The quantitative estimate of drug-likeness (QED) is 0.532. The number of hydrogen-bond acceptors (Lipinski definition) is 3. The van der Waals surface area contributed by atoms with Crippen LogP contribution in [-0.2, 0) is 4.79 Å². The van der Waals surface area contributed by atoms with Gasteiger partial charge in [-0.25, -0.2) is 0 Å². The van der Waals surface area contributed by atoms with E-state index >= 15 is 0 Å². The molecule has 0 aromatic rings. The first-order valence-electron chi connectivity index (χ1n) is 2.70. The highest BCUT2D eigenvalue weighted by atomic mass is 16.3. The summed E-state index contributed by atoms with van der Waals surface area (Å²) in [5, 5.41) is 8.48. The highest BCUT2D eigenvalue weighted by molar-refractivity contribution is 6.41. The third-order valence-corrected chi connectivity index (χ3v) is 1.11. The fraction of sp³-hybridized carbons (Fsp3) is 0.333. The molecular formula is C6H7NO2. The van der Waals surface area contributed by atoms with Crippen molar-refractivity contribution in [3.8, 4) is 0 Å². The Morgan fingerprint density at radius 1 is 1.78 bits per heavy atom. The number of Topliss-reactive ketones (excluding diaryl/α,β-unsaturated/α-hetero) is 1. The largest absolute Gasteiger partial charge is 0.390 e. The number of aliphatic hydroxyl groups excluding tert-OH is 1. The average molecular weight is 125 g/mol. The summed E-state index contributed by atoms with van der Waals surface area (Å²) in [5.74, 6) is -0.0833. The molecule has 0 amide bonds. The van der Waals surface area contributed by atoms with E-state index in [2.05, 4.69) is 4.99 Å². The minimum absolute atomic E-state index is 0.0833. The third-order valence-electron chi connectivity index (χ3n) is 1.11. The zero-order valence-corrected chi connectivity index (χ0v) is 4.87. The van der Waals surface area contributed by atoms with E-state index in [4.69, 9.17) is 5.11 Å². The Morgan fingerprint density at radius 3 is 3.00 bits per heavy atom. The van der Waals surface area contributed by atoms with Gasteiger partial charge in [0.1, 0.15) is 5.71 Å². The maximum atomic E-state index is 10.7. The molecule has 3 nitrogen and oxygen atoms in total. The molecule has 9 heavy (non-hydrogen) atoms. The molecular weight excluding hydrogens is 118 g/mol. The summed E-state index contributed by atoms with van der Waals surface area (Å²) in [6.07, 6.45) is 3.58. The van der Waals surface area contributed by atoms with Crippen molar-refractivity contribution < 1.29 is 9.90 Å². The summed E-state index contributed by atoms with van der Waals surface area (Å²) in [6.45, 7) is -0.247. The summed E-state index contributed by atoms with van der Waals surface area (Å²) in [7, 11) is 0. The van der Waals surface area contributed by atoms with Gasteiger partial charge in [-0.2, -0.15) is 0 Å². The van der Waals surface area contributed by atoms with Crippen molar-refractivity contribution >= 4 is 11.5 Å². The van der Waals surface area contributed by atoms with Crippen LogP contribution in [-0.4, -0.2) is 23.2 Å². The van der Waals surface area contributed by atoms with Gasteiger partial charge in [-0.15, -0.1) is 0 Å². The SMILES string of the molecule is O=C1CC=CN=C1CO. The van der Waals surface area contributed by atoms with Gasteiger partial charge in [0, 0.05) is 12.6 Å². The van der Waals surface area contributed by atoms with Crippen LogP contribution in [0, 0.1) is 0 Å². The Hall–Kier alpha value is -0.960. The summed E-state index contributed by atoms with van der Waals surface area (Å²) in [5.41, 5.74) is 0.262. The number of hydrogen-bond donors (Lipinski definition) is 1. The molecule has 0 aromatic heterocycles. The second-order valence-corrected chi connectivity index (χ2v) is 1.75. The molecule has 0 saturated heterocycles. The maximum Gasteiger partial charge on any atom is 0.183 e. The minimum atomic E-state index is -0.247. The van der Waals surface area contributed by atoms with E-state index in [0.717, 1.165) is 0 Å². The fourth-order valence-corrected chi connectivity index (χ4v) is 0.621. The van der Waals surface area contributed by atoms with Crippen LogP contribution in [0.1, 0.15) is 6.42 Å². The van der Waals surface area contributed by atoms with Crippen molar-refractivity contribution in [1.82, 2.24) is 0 Å². The zero-order chi connectivity index (χ0) is 6.69. The monoisotopic (exact) mass is 125 g/mol. The zero-order valence-electron chi connectivity index (χ0n) is 4.87. The number of aliphatic imine (C=N–C) groups is 1. The van der Waals surface area contributed by atoms with Gasteiger partial charge in [-0.3, -0.25) is 9.79 Å². The first-order chi connectivity index (χ1) is 4.34. The Labute approximate surface area is 52.7 Å². The van der Waals surface area contributed by atoms with E-state index < -0.39 is 0 Å². The molecule has 0 bridgehead atoms. The molecule has 1 rings (SSSR count). The number of rotatable bonds is 1. The van der Waals surface area contributed by atoms with Crippen LogP contribution in [0.2, 0.25) is 0 Å². The van der Waals surface area contributed by atoms with Gasteiger partial charge in [0.05, 0.1) is 6.61 Å². The fourth-order valence-electron chi connectivity index (χ4n) is 0.621. The molecule has 1 aliphatic heterocycles. The molecule has 0 atom stereocenters. The lowest BCUT2D eigenvalue weighted by Crippen LogP contribution is -2.18. The van der Waals surface area contributed by atoms with Crippen molar-refractivity contribution in [2.75, 3.05) is 6.61 Å². The van der Waals surface area contributed by atoms with Crippen LogP contribution < -0.4 is 0 Å². The van der Waals surface area contributed by atoms with Crippen molar-refractivity contribution in [3.05, 3.63) is 12.3 Å². The van der Waals surface area contributed by atoms with Crippen LogP contribution >= 0.6 is 0 Å². The minimum Gasteiger partial charge on any atom is -0.390 e. The molecule has 0 unspecified atom stereocenters. The smallest absolute Gasteiger partial charge is 0.183 e. The molecule has 0 saturated carbocycles. The van der Waals surface area contributed by atoms with Crippen LogP contribution in [0.5, 0.6) is 0 Å². The number of nitrogens with zero attached hydrogens (tertiary/aromatic N) is 1.